The SMILES string of the molecule is N#Cc1ccc(S(=O)(=O)N2CCN(CC(=O)N3CCCCCC3)CC2)cc1. The summed E-state index contributed by atoms with van der Waals surface area (Å²) in [5.41, 5.74) is 0.436. The van der Waals surface area contributed by atoms with E-state index >= 15 is 0 Å². The van der Waals surface area contributed by atoms with E-state index in [9.17, 15) is 13.2 Å². The van der Waals surface area contributed by atoms with Gasteiger partial charge in [-0.25, -0.2) is 8.42 Å². The number of nitrogens with zero attached hydrogens (tertiary/aromatic N) is 4. The van der Waals surface area contributed by atoms with Crippen molar-refractivity contribution in [3.05, 3.63) is 29.8 Å². The van der Waals surface area contributed by atoms with Crippen LogP contribution in [-0.4, -0.2) is 74.2 Å². The smallest absolute Gasteiger partial charge is 0.243 e. The fraction of sp³-hybridized carbons (Fsp3) is 0.579. The molecule has 2 heterocycles. The Morgan fingerprint density at radius 2 is 1.52 bits per heavy atom. The van der Waals surface area contributed by atoms with Crippen LogP contribution in [0.3, 0.4) is 0 Å². The zero-order chi connectivity index (χ0) is 19.3. The van der Waals surface area contributed by atoms with Crippen LogP contribution in [0.4, 0.5) is 0 Å². The lowest BCUT2D eigenvalue weighted by molar-refractivity contribution is -0.132. The minimum absolute atomic E-state index is 0.153. The van der Waals surface area contributed by atoms with Crippen LogP contribution in [0.5, 0.6) is 0 Å². The van der Waals surface area contributed by atoms with E-state index in [1.807, 2.05) is 15.9 Å². The molecule has 0 saturated carbocycles. The Labute approximate surface area is 161 Å². The van der Waals surface area contributed by atoms with E-state index in [1.165, 1.54) is 41.4 Å². The highest BCUT2D eigenvalue weighted by Crippen LogP contribution is 2.18. The van der Waals surface area contributed by atoms with Gasteiger partial charge in [0.2, 0.25) is 15.9 Å². The van der Waals surface area contributed by atoms with Crippen LogP contribution in [0.1, 0.15) is 31.2 Å². The maximum Gasteiger partial charge on any atom is 0.243 e. The number of likely N-dealkylation sites (tertiary alicyclic amines) is 1. The van der Waals surface area contributed by atoms with Crippen LogP contribution in [0.2, 0.25) is 0 Å². The molecule has 0 aliphatic carbocycles. The van der Waals surface area contributed by atoms with Gasteiger partial charge in [0, 0.05) is 39.3 Å². The number of carbonyl (C=O) groups is 1. The first-order valence-corrected chi connectivity index (χ1v) is 10.9. The number of piperazine rings is 1. The molecule has 1 aromatic rings. The normalized spacial score (nSPS) is 20.0. The third-order valence-electron chi connectivity index (χ3n) is 5.27. The maximum absolute atomic E-state index is 12.8. The van der Waals surface area contributed by atoms with Crippen molar-refractivity contribution in [2.75, 3.05) is 45.8 Å². The van der Waals surface area contributed by atoms with E-state index in [4.69, 9.17) is 5.26 Å². The molecule has 1 amide bonds. The number of carbonyl (C=O) groups excluding carboxylic acids is 1. The lowest BCUT2D eigenvalue weighted by Gasteiger charge is -2.34. The number of sulfonamides is 1. The van der Waals surface area contributed by atoms with Crippen molar-refractivity contribution in [3.63, 3.8) is 0 Å². The topological polar surface area (TPSA) is 84.7 Å². The second-order valence-electron chi connectivity index (χ2n) is 7.11. The van der Waals surface area contributed by atoms with Crippen LogP contribution in [0.15, 0.2) is 29.2 Å². The summed E-state index contributed by atoms with van der Waals surface area (Å²) in [5, 5.41) is 8.84. The van der Waals surface area contributed by atoms with Crippen LogP contribution >= 0.6 is 0 Å². The molecule has 146 valence electrons. The fourth-order valence-corrected chi connectivity index (χ4v) is 5.01. The zero-order valence-corrected chi connectivity index (χ0v) is 16.3. The second-order valence-corrected chi connectivity index (χ2v) is 9.05. The second kappa shape index (κ2) is 8.83. The van der Waals surface area contributed by atoms with Gasteiger partial charge in [0.05, 0.1) is 23.1 Å². The van der Waals surface area contributed by atoms with E-state index in [1.54, 1.807) is 0 Å². The van der Waals surface area contributed by atoms with Gasteiger partial charge in [-0.1, -0.05) is 12.8 Å². The highest BCUT2D eigenvalue weighted by atomic mass is 32.2. The van der Waals surface area contributed by atoms with Gasteiger partial charge >= 0.3 is 0 Å². The van der Waals surface area contributed by atoms with Gasteiger partial charge in [0.1, 0.15) is 0 Å². The van der Waals surface area contributed by atoms with Gasteiger partial charge in [0.15, 0.2) is 0 Å². The summed E-state index contributed by atoms with van der Waals surface area (Å²) in [6, 6.07) is 7.97. The van der Waals surface area contributed by atoms with Crippen molar-refractivity contribution >= 4 is 15.9 Å². The van der Waals surface area contributed by atoms with E-state index < -0.39 is 10.0 Å². The highest BCUT2D eigenvalue weighted by Gasteiger charge is 2.29. The maximum atomic E-state index is 12.8. The van der Waals surface area contributed by atoms with Crippen LogP contribution in [-0.2, 0) is 14.8 Å². The molecule has 0 atom stereocenters. The third-order valence-corrected chi connectivity index (χ3v) is 7.18. The number of amides is 1. The van der Waals surface area contributed by atoms with Crippen molar-refractivity contribution < 1.29 is 13.2 Å². The Hall–Kier alpha value is -1.95. The van der Waals surface area contributed by atoms with Crippen LogP contribution in [0.25, 0.3) is 0 Å². The Kier molecular flexibility index (Phi) is 6.47. The Bertz CT molecular complexity index is 785. The van der Waals surface area contributed by atoms with Gasteiger partial charge in [-0.3, -0.25) is 9.69 Å². The summed E-state index contributed by atoms with van der Waals surface area (Å²) in [4.78, 5) is 16.7. The van der Waals surface area contributed by atoms with Gasteiger partial charge in [0.25, 0.3) is 0 Å². The molecule has 2 saturated heterocycles. The van der Waals surface area contributed by atoms with E-state index in [0.717, 1.165) is 25.9 Å². The minimum atomic E-state index is -3.56. The number of hydrogen-bond donors (Lipinski definition) is 0. The molecule has 1 aromatic carbocycles. The molecular weight excluding hydrogens is 364 g/mol. The molecule has 2 aliphatic heterocycles. The van der Waals surface area contributed by atoms with Gasteiger partial charge in [-0.15, -0.1) is 0 Å². The number of nitriles is 1. The molecule has 0 unspecified atom stereocenters. The standard InChI is InChI=1S/C19H26N4O3S/c20-15-17-5-7-18(8-6-17)27(25,26)23-13-11-21(12-14-23)16-19(24)22-9-3-1-2-4-10-22/h5-8H,1-4,9-14,16H2. The summed E-state index contributed by atoms with van der Waals surface area (Å²) in [7, 11) is -3.56. The summed E-state index contributed by atoms with van der Waals surface area (Å²) < 4.78 is 27.0. The average Bonchev–Trinajstić information content (AvgIpc) is 2.98. The van der Waals surface area contributed by atoms with Crippen LogP contribution in [0, 0.1) is 11.3 Å². The van der Waals surface area contributed by atoms with E-state index in [0.29, 0.717) is 38.3 Å². The number of hydrogen-bond acceptors (Lipinski definition) is 5. The Balaban J connectivity index is 1.54. The first kappa shape index (κ1) is 19.8. The summed E-state index contributed by atoms with van der Waals surface area (Å²) >= 11 is 0. The molecule has 27 heavy (non-hydrogen) atoms. The van der Waals surface area contributed by atoms with Gasteiger partial charge in [-0.2, -0.15) is 9.57 Å². The predicted octanol–water partition coefficient (Wildman–Crippen LogP) is 1.27. The number of rotatable bonds is 4. The predicted molar refractivity (Wildman–Crippen MR) is 101 cm³/mol. The Morgan fingerprint density at radius 1 is 0.926 bits per heavy atom. The quantitative estimate of drug-likeness (QED) is 0.773. The van der Waals surface area contributed by atoms with Crippen molar-refractivity contribution in [3.8, 4) is 6.07 Å². The van der Waals surface area contributed by atoms with E-state index in [-0.39, 0.29) is 10.8 Å². The van der Waals surface area contributed by atoms with Crippen molar-refractivity contribution in [2.24, 2.45) is 0 Å². The zero-order valence-electron chi connectivity index (χ0n) is 15.5. The van der Waals surface area contributed by atoms with Gasteiger partial charge in [-0.05, 0) is 37.1 Å². The van der Waals surface area contributed by atoms with Gasteiger partial charge < -0.3 is 4.90 Å². The molecule has 0 N–H and O–H groups in total. The molecular formula is C19H26N4O3S. The molecule has 8 heteroatoms. The van der Waals surface area contributed by atoms with Crippen molar-refractivity contribution in [1.82, 2.24) is 14.1 Å². The molecule has 0 spiro atoms. The van der Waals surface area contributed by atoms with Crippen LogP contribution < -0.4 is 0 Å². The van der Waals surface area contributed by atoms with E-state index in [2.05, 4.69) is 0 Å². The average molecular weight is 391 g/mol. The Morgan fingerprint density at radius 3 is 2.07 bits per heavy atom. The largest absolute Gasteiger partial charge is 0.342 e. The molecule has 0 aromatic heterocycles. The molecule has 0 radical (unpaired) electrons. The molecule has 0 bridgehead atoms. The molecule has 2 aliphatic rings. The summed E-state index contributed by atoms with van der Waals surface area (Å²) in [6.45, 7) is 3.89. The minimum Gasteiger partial charge on any atom is -0.342 e. The third kappa shape index (κ3) is 4.86. The van der Waals surface area contributed by atoms with Crippen molar-refractivity contribution in [1.29, 1.82) is 5.26 Å². The monoisotopic (exact) mass is 390 g/mol. The molecule has 2 fully saturated rings. The number of benzene rings is 1. The summed E-state index contributed by atoms with van der Waals surface area (Å²) in [5.74, 6) is 0.153. The molecule has 7 nitrogen and oxygen atoms in total. The van der Waals surface area contributed by atoms with Crippen molar-refractivity contribution in [2.45, 2.75) is 30.6 Å². The first-order valence-electron chi connectivity index (χ1n) is 9.51. The highest BCUT2D eigenvalue weighted by molar-refractivity contribution is 7.89. The fourth-order valence-electron chi connectivity index (χ4n) is 3.59. The first-order chi connectivity index (χ1) is 13.0. The lowest BCUT2D eigenvalue weighted by atomic mass is 10.2. The lowest BCUT2D eigenvalue weighted by Crippen LogP contribution is -2.51. The summed E-state index contributed by atoms with van der Waals surface area (Å²) in [6.07, 6.45) is 4.52. The molecule has 3 rings (SSSR count).